The summed E-state index contributed by atoms with van der Waals surface area (Å²) in [6.07, 6.45) is 2.95. The van der Waals surface area contributed by atoms with Crippen molar-refractivity contribution in [3.63, 3.8) is 0 Å². The van der Waals surface area contributed by atoms with Gasteiger partial charge in [-0.25, -0.2) is 4.39 Å². The van der Waals surface area contributed by atoms with Gasteiger partial charge in [0.1, 0.15) is 5.82 Å². The molecule has 1 aliphatic rings. The number of hydrogen-bond acceptors (Lipinski definition) is 2. The molecule has 1 fully saturated rings. The van der Waals surface area contributed by atoms with E-state index in [1.165, 1.54) is 25.0 Å². The van der Waals surface area contributed by atoms with Gasteiger partial charge in [0, 0.05) is 24.6 Å². The molecule has 1 aromatic carbocycles. The van der Waals surface area contributed by atoms with E-state index in [9.17, 15) is 9.18 Å². The molecule has 2 unspecified atom stereocenters. The number of likely N-dealkylation sites (tertiary alicyclic amines) is 1. The second-order valence-corrected chi connectivity index (χ2v) is 5.58. The molecule has 104 valence electrons. The van der Waals surface area contributed by atoms with Crippen molar-refractivity contribution in [2.24, 2.45) is 5.92 Å². The topological polar surface area (TPSA) is 20.3 Å². The van der Waals surface area contributed by atoms with Gasteiger partial charge in [-0.05, 0) is 44.4 Å². The van der Waals surface area contributed by atoms with Gasteiger partial charge in [-0.2, -0.15) is 0 Å². The normalized spacial score (nSPS) is 24.4. The molecule has 2 nitrogen and oxygen atoms in total. The van der Waals surface area contributed by atoms with Crippen LogP contribution in [0.3, 0.4) is 0 Å². The largest absolute Gasteiger partial charge is 0.300 e. The van der Waals surface area contributed by atoms with Gasteiger partial charge in [0.05, 0.1) is 0 Å². The maximum absolute atomic E-state index is 13.1. The number of Topliss-reactive ketones (excluding diaryl/α,β-unsaturated/α-hetero) is 1. The third-order valence-corrected chi connectivity index (χ3v) is 4.28. The number of benzene rings is 1. The average Bonchev–Trinajstić information content (AvgIpc) is 2.40. The lowest BCUT2D eigenvalue weighted by molar-refractivity contribution is 0.0877. The zero-order valence-electron chi connectivity index (χ0n) is 11.7. The maximum atomic E-state index is 13.1. The second-order valence-electron chi connectivity index (χ2n) is 5.58. The molecule has 1 aromatic rings. The van der Waals surface area contributed by atoms with E-state index in [2.05, 4.69) is 18.7 Å². The van der Waals surface area contributed by atoms with E-state index in [1.54, 1.807) is 12.1 Å². The molecule has 1 heterocycles. The van der Waals surface area contributed by atoms with E-state index in [0.717, 1.165) is 13.1 Å². The molecule has 0 radical (unpaired) electrons. The summed E-state index contributed by atoms with van der Waals surface area (Å²) in [5.41, 5.74) is 0.484. The highest BCUT2D eigenvalue weighted by atomic mass is 19.1. The minimum Gasteiger partial charge on any atom is -0.300 e. The Labute approximate surface area is 114 Å². The molecule has 0 aliphatic carbocycles. The number of nitrogens with zero attached hydrogens (tertiary/aromatic N) is 1. The van der Waals surface area contributed by atoms with Crippen LogP contribution in [0.15, 0.2) is 24.3 Å². The molecule has 1 saturated heterocycles. The number of carbonyl (C=O) groups is 1. The molecule has 19 heavy (non-hydrogen) atoms. The fourth-order valence-electron chi connectivity index (χ4n) is 2.79. The van der Waals surface area contributed by atoms with Crippen molar-refractivity contribution in [2.75, 3.05) is 13.1 Å². The van der Waals surface area contributed by atoms with Crippen LogP contribution in [-0.2, 0) is 0 Å². The third kappa shape index (κ3) is 3.63. The summed E-state index contributed by atoms with van der Waals surface area (Å²) in [7, 11) is 0. The van der Waals surface area contributed by atoms with Crippen LogP contribution in [0.1, 0.15) is 43.5 Å². The summed E-state index contributed by atoms with van der Waals surface area (Å²) in [6, 6.07) is 6.51. The van der Waals surface area contributed by atoms with Crippen molar-refractivity contribution in [3.8, 4) is 0 Å². The van der Waals surface area contributed by atoms with Crippen molar-refractivity contribution in [1.29, 1.82) is 0 Å². The van der Waals surface area contributed by atoms with Crippen LogP contribution in [-0.4, -0.2) is 29.8 Å². The van der Waals surface area contributed by atoms with Crippen LogP contribution in [0.4, 0.5) is 4.39 Å². The predicted molar refractivity (Wildman–Crippen MR) is 74.8 cm³/mol. The number of halogens is 1. The zero-order valence-corrected chi connectivity index (χ0v) is 11.7. The predicted octanol–water partition coefficient (Wildman–Crippen LogP) is 3.52. The summed E-state index contributed by atoms with van der Waals surface area (Å²) in [4.78, 5) is 14.4. The van der Waals surface area contributed by atoms with Crippen LogP contribution >= 0.6 is 0 Å². The number of piperidine rings is 1. The van der Waals surface area contributed by atoms with E-state index in [0.29, 0.717) is 23.9 Å². The summed E-state index contributed by atoms with van der Waals surface area (Å²) in [5, 5.41) is 0. The van der Waals surface area contributed by atoms with Crippen LogP contribution in [0.2, 0.25) is 0 Å². The smallest absolute Gasteiger partial charge is 0.164 e. The van der Waals surface area contributed by atoms with E-state index in [1.807, 2.05) is 0 Å². The Hall–Kier alpha value is -1.22. The van der Waals surface area contributed by atoms with E-state index in [-0.39, 0.29) is 11.6 Å². The lowest BCUT2D eigenvalue weighted by Crippen LogP contribution is -2.43. The van der Waals surface area contributed by atoms with Gasteiger partial charge in [0.15, 0.2) is 5.78 Å². The van der Waals surface area contributed by atoms with Crippen molar-refractivity contribution >= 4 is 5.78 Å². The van der Waals surface area contributed by atoms with Gasteiger partial charge in [0.25, 0.3) is 0 Å². The van der Waals surface area contributed by atoms with Gasteiger partial charge in [-0.3, -0.25) is 9.69 Å². The Morgan fingerprint density at radius 3 is 2.95 bits per heavy atom. The van der Waals surface area contributed by atoms with Crippen LogP contribution in [0, 0.1) is 11.7 Å². The Kier molecular flexibility index (Phi) is 4.70. The molecule has 1 aliphatic heterocycles. The van der Waals surface area contributed by atoms with Gasteiger partial charge in [0.2, 0.25) is 0 Å². The summed E-state index contributed by atoms with van der Waals surface area (Å²) < 4.78 is 13.1. The van der Waals surface area contributed by atoms with E-state index in [4.69, 9.17) is 0 Å². The van der Waals surface area contributed by atoms with Crippen molar-refractivity contribution < 1.29 is 9.18 Å². The number of hydrogen-bond donors (Lipinski definition) is 0. The highest BCUT2D eigenvalue weighted by Crippen LogP contribution is 2.23. The Balaban J connectivity index is 1.90. The first-order valence-electron chi connectivity index (χ1n) is 7.10. The molecule has 3 heteroatoms. The van der Waals surface area contributed by atoms with Gasteiger partial charge in [-0.1, -0.05) is 19.1 Å². The molecule has 0 N–H and O–H groups in total. The molecular formula is C16H22FNO. The van der Waals surface area contributed by atoms with Crippen molar-refractivity contribution in [3.05, 3.63) is 35.6 Å². The average molecular weight is 263 g/mol. The molecule has 0 bridgehead atoms. The Morgan fingerprint density at radius 2 is 2.21 bits per heavy atom. The first kappa shape index (κ1) is 14.2. The minimum atomic E-state index is -0.342. The Morgan fingerprint density at radius 1 is 1.42 bits per heavy atom. The first-order chi connectivity index (χ1) is 9.08. The van der Waals surface area contributed by atoms with E-state index >= 15 is 0 Å². The highest BCUT2D eigenvalue weighted by molar-refractivity contribution is 5.96. The highest BCUT2D eigenvalue weighted by Gasteiger charge is 2.24. The number of carbonyl (C=O) groups excluding carboxylic acids is 1. The summed E-state index contributed by atoms with van der Waals surface area (Å²) in [6.45, 7) is 6.35. The second kappa shape index (κ2) is 6.29. The summed E-state index contributed by atoms with van der Waals surface area (Å²) in [5.74, 6) is 0.383. The van der Waals surface area contributed by atoms with E-state index < -0.39 is 0 Å². The maximum Gasteiger partial charge on any atom is 0.164 e. The number of rotatable bonds is 4. The molecular weight excluding hydrogens is 241 g/mol. The summed E-state index contributed by atoms with van der Waals surface area (Å²) >= 11 is 0. The zero-order chi connectivity index (χ0) is 13.8. The standard InChI is InChI=1S/C16H22FNO/c1-12-5-4-9-18(13(12)2)10-8-16(19)14-6-3-7-15(17)11-14/h3,6-7,11-13H,4-5,8-10H2,1-2H3. The van der Waals surface area contributed by atoms with Crippen LogP contribution < -0.4 is 0 Å². The van der Waals surface area contributed by atoms with Crippen molar-refractivity contribution in [1.82, 2.24) is 4.90 Å². The fourth-order valence-corrected chi connectivity index (χ4v) is 2.79. The third-order valence-electron chi connectivity index (χ3n) is 4.28. The molecule has 2 atom stereocenters. The molecule has 0 aromatic heterocycles. The molecule has 0 saturated carbocycles. The molecule has 0 spiro atoms. The SMILES string of the molecule is CC1CCCN(CCC(=O)c2cccc(F)c2)C1C. The van der Waals surface area contributed by atoms with Crippen LogP contribution in [0.25, 0.3) is 0 Å². The quantitative estimate of drug-likeness (QED) is 0.775. The van der Waals surface area contributed by atoms with Crippen molar-refractivity contribution in [2.45, 2.75) is 39.2 Å². The first-order valence-corrected chi connectivity index (χ1v) is 7.10. The molecule has 2 rings (SSSR count). The lowest BCUT2D eigenvalue weighted by Gasteiger charge is -2.37. The van der Waals surface area contributed by atoms with Gasteiger partial charge in [-0.15, -0.1) is 0 Å². The monoisotopic (exact) mass is 263 g/mol. The Bertz CT molecular complexity index is 446. The molecule has 0 amide bonds. The minimum absolute atomic E-state index is 0.0323. The fraction of sp³-hybridized carbons (Fsp3) is 0.562. The van der Waals surface area contributed by atoms with Gasteiger partial charge >= 0.3 is 0 Å². The lowest BCUT2D eigenvalue weighted by atomic mass is 9.92. The van der Waals surface area contributed by atoms with Gasteiger partial charge < -0.3 is 0 Å². The van der Waals surface area contributed by atoms with Crippen LogP contribution in [0.5, 0.6) is 0 Å². The number of ketones is 1.